The highest BCUT2D eigenvalue weighted by Crippen LogP contribution is 2.11. The molecule has 2 aromatic heterocycles. The van der Waals surface area contributed by atoms with Crippen LogP contribution in [0.3, 0.4) is 0 Å². The first-order chi connectivity index (χ1) is 7.58. The minimum atomic E-state index is -0.895. The quantitative estimate of drug-likeness (QED) is 0.802. The van der Waals surface area contributed by atoms with Crippen LogP contribution >= 0.6 is 11.3 Å². The summed E-state index contributed by atoms with van der Waals surface area (Å²) in [7, 11) is 0. The van der Waals surface area contributed by atoms with Gasteiger partial charge in [-0.2, -0.15) is 9.61 Å². The summed E-state index contributed by atoms with van der Waals surface area (Å²) in [5.41, 5.74) is -0.0459. The zero-order valence-electron chi connectivity index (χ0n) is 8.38. The summed E-state index contributed by atoms with van der Waals surface area (Å²) in [6, 6.07) is 0. The Bertz CT molecular complexity index is 603. The Labute approximate surface area is 93.4 Å². The zero-order valence-corrected chi connectivity index (χ0v) is 9.19. The molecule has 0 aromatic carbocycles. The minimum Gasteiger partial charge on any atom is -0.481 e. The summed E-state index contributed by atoms with van der Waals surface area (Å²) in [4.78, 5) is 22.3. The van der Waals surface area contributed by atoms with Crippen LogP contribution in [0.2, 0.25) is 0 Å². The van der Waals surface area contributed by atoms with Crippen LogP contribution in [0.25, 0.3) is 4.96 Å². The van der Waals surface area contributed by atoms with E-state index in [0.29, 0.717) is 16.4 Å². The van der Waals surface area contributed by atoms with Gasteiger partial charge in [0.15, 0.2) is 0 Å². The molecule has 0 unspecified atom stereocenters. The van der Waals surface area contributed by atoms with Crippen molar-refractivity contribution in [3.63, 3.8) is 0 Å². The minimum absolute atomic E-state index is 0.0129. The number of aryl methyl sites for hydroxylation is 2. The standard InChI is InChI=1S/C8H8N4O3S/c1-4-7(15)12-8(10-9-4)16-5(11-12)2-3-6(13)14/h2-3H2,1H3,(H,13,14). The van der Waals surface area contributed by atoms with Crippen molar-refractivity contribution in [2.45, 2.75) is 19.8 Å². The maximum absolute atomic E-state index is 11.6. The Morgan fingerprint density at radius 3 is 2.94 bits per heavy atom. The lowest BCUT2D eigenvalue weighted by atomic mass is 10.3. The predicted molar refractivity (Wildman–Crippen MR) is 55.6 cm³/mol. The van der Waals surface area contributed by atoms with E-state index in [0.717, 1.165) is 4.52 Å². The van der Waals surface area contributed by atoms with E-state index in [4.69, 9.17) is 5.11 Å². The molecular formula is C8H8N4O3S. The van der Waals surface area contributed by atoms with Crippen LogP contribution in [-0.4, -0.2) is 30.9 Å². The molecule has 0 atom stereocenters. The molecule has 0 radical (unpaired) electrons. The van der Waals surface area contributed by atoms with Crippen molar-refractivity contribution in [1.82, 2.24) is 19.8 Å². The second-order valence-electron chi connectivity index (χ2n) is 3.17. The second kappa shape index (κ2) is 3.97. The zero-order chi connectivity index (χ0) is 11.7. The van der Waals surface area contributed by atoms with E-state index in [1.807, 2.05) is 0 Å². The number of aromatic nitrogens is 4. The van der Waals surface area contributed by atoms with Gasteiger partial charge in [-0.15, -0.1) is 10.2 Å². The number of fused-ring (bicyclic) bond motifs is 1. The van der Waals surface area contributed by atoms with E-state index in [9.17, 15) is 9.59 Å². The normalized spacial score (nSPS) is 10.8. The highest BCUT2D eigenvalue weighted by molar-refractivity contribution is 7.16. The van der Waals surface area contributed by atoms with E-state index in [1.54, 1.807) is 6.92 Å². The van der Waals surface area contributed by atoms with Crippen LogP contribution in [-0.2, 0) is 11.2 Å². The summed E-state index contributed by atoms with van der Waals surface area (Å²) < 4.78 is 1.16. The van der Waals surface area contributed by atoms with E-state index in [2.05, 4.69) is 15.3 Å². The molecule has 8 heteroatoms. The third-order valence-corrected chi connectivity index (χ3v) is 2.90. The summed E-state index contributed by atoms with van der Waals surface area (Å²) in [5, 5.41) is 20.6. The maximum Gasteiger partial charge on any atom is 0.303 e. The molecule has 0 bridgehead atoms. The molecule has 0 amide bonds. The fraction of sp³-hybridized carbons (Fsp3) is 0.375. The van der Waals surface area contributed by atoms with Gasteiger partial charge < -0.3 is 5.11 Å². The molecule has 0 aliphatic carbocycles. The molecule has 7 nitrogen and oxygen atoms in total. The smallest absolute Gasteiger partial charge is 0.303 e. The van der Waals surface area contributed by atoms with Gasteiger partial charge in [0.1, 0.15) is 10.7 Å². The van der Waals surface area contributed by atoms with Gasteiger partial charge in [0, 0.05) is 6.42 Å². The first-order valence-corrected chi connectivity index (χ1v) is 5.33. The molecule has 2 heterocycles. The molecule has 0 aliphatic rings. The van der Waals surface area contributed by atoms with Crippen molar-refractivity contribution in [2.75, 3.05) is 0 Å². The lowest BCUT2D eigenvalue weighted by molar-refractivity contribution is -0.136. The van der Waals surface area contributed by atoms with Crippen LogP contribution in [0.15, 0.2) is 4.79 Å². The monoisotopic (exact) mass is 240 g/mol. The number of carbonyl (C=O) groups is 1. The van der Waals surface area contributed by atoms with Gasteiger partial charge in [-0.3, -0.25) is 9.59 Å². The Balaban J connectivity index is 2.40. The molecule has 16 heavy (non-hydrogen) atoms. The Morgan fingerprint density at radius 1 is 1.50 bits per heavy atom. The van der Waals surface area contributed by atoms with E-state index in [-0.39, 0.29) is 17.7 Å². The number of rotatable bonds is 3. The summed E-state index contributed by atoms with van der Waals surface area (Å²) in [6.45, 7) is 1.55. The van der Waals surface area contributed by atoms with Gasteiger partial charge in [0.25, 0.3) is 5.56 Å². The largest absolute Gasteiger partial charge is 0.481 e. The molecule has 84 valence electrons. The van der Waals surface area contributed by atoms with Gasteiger partial charge in [-0.05, 0) is 6.92 Å². The van der Waals surface area contributed by atoms with E-state index in [1.165, 1.54) is 11.3 Å². The van der Waals surface area contributed by atoms with Crippen molar-refractivity contribution < 1.29 is 9.90 Å². The lowest BCUT2D eigenvalue weighted by Gasteiger charge is -1.89. The van der Waals surface area contributed by atoms with E-state index >= 15 is 0 Å². The van der Waals surface area contributed by atoms with Crippen molar-refractivity contribution in [3.8, 4) is 0 Å². The molecule has 0 fully saturated rings. The fourth-order valence-electron chi connectivity index (χ4n) is 1.15. The second-order valence-corrected chi connectivity index (χ2v) is 4.22. The van der Waals surface area contributed by atoms with Gasteiger partial charge >= 0.3 is 5.97 Å². The number of nitrogens with zero attached hydrogens (tertiary/aromatic N) is 4. The highest BCUT2D eigenvalue weighted by atomic mass is 32.1. The molecule has 0 aliphatic heterocycles. The van der Waals surface area contributed by atoms with Crippen molar-refractivity contribution >= 4 is 22.3 Å². The maximum atomic E-state index is 11.6. The lowest BCUT2D eigenvalue weighted by Crippen LogP contribution is -2.19. The summed E-state index contributed by atoms with van der Waals surface area (Å²) in [6.07, 6.45) is 0.281. The van der Waals surface area contributed by atoms with Crippen LogP contribution in [0.4, 0.5) is 0 Å². The van der Waals surface area contributed by atoms with Gasteiger partial charge in [0.2, 0.25) is 4.96 Å². The molecule has 2 rings (SSSR count). The number of aliphatic carboxylic acids is 1. The predicted octanol–water partition coefficient (Wildman–Crippen LogP) is -0.128. The first kappa shape index (κ1) is 10.7. The van der Waals surface area contributed by atoms with Crippen molar-refractivity contribution in [3.05, 3.63) is 21.1 Å². The number of carboxylic acids is 1. The summed E-state index contributed by atoms with van der Waals surface area (Å²) in [5.74, 6) is -0.895. The van der Waals surface area contributed by atoms with E-state index < -0.39 is 5.97 Å². The van der Waals surface area contributed by atoms with Gasteiger partial charge in [0.05, 0.1) is 6.42 Å². The third-order valence-electron chi connectivity index (χ3n) is 1.94. The van der Waals surface area contributed by atoms with Gasteiger partial charge in [-0.1, -0.05) is 11.3 Å². The molecule has 0 spiro atoms. The van der Waals surface area contributed by atoms with Crippen LogP contribution in [0.1, 0.15) is 17.1 Å². The molecular weight excluding hydrogens is 232 g/mol. The first-order valence-electron chi connectivity index (χ1n) is 4.52. The molecule has 1 N–H and O–H groups in total. The Hall–Kier alpha value is -1.83. The number of hydrogen-bond donors (Lipinski definition) is 1. The van der Waals surface area contributed by atoms with Crippen LogP contribution in [0, 0.1) is 6.92 Å². The summed E-state index contributed by atoms with van der Waals surface area (Å²) >= 11 is 1.18. The average Bonchev–Trinajstić information content (AvgIpc) is 2.64. The topological polar surface area (TPSA) is 97.4 Å². The average molecular weight is 240 g/mol. The van der Waals surface area contributed by atoms with Crippen LogP contribution < -0.4 is 5.56 Å². The SMILES string of the molecule is Cc1nnc2sc(CCC(=O)O)nn2c1=O. The number of hydrogen-bond acceptors (Lipinski definition) is 6. The van der Waals surface area contributed by atoms with Crippen molar-refractivity contribution in [1.29, 1.82) is 0 Å². The molecule has 2 aromatic rings. The third kappa shape index (κ3) is 1.91. The Morgan fingerprint density at radius 2 is 2.25 bits per heavy atom. The Kier molecular flexibility index (Phi) is 2.65. The highest BCUT2D eigenvalue weighted by Gasteiger charge is 2.10. The van der Waals surface area contributed by atoms with Crippen LogP contribution in [0.5, 0.6) is 0 Å². The molecule has 0 saturated carbocycles. The fourth-order valence-corrected chi connectivity index (χ4v) is 1.98. The van der Waals surface area contributed by atoms with Gasteiger partial charge in [-0.25, -0.2) is 0 Å². The number of carboxylic acid groups (broad SMARTS) is 1. The van der Waals surface area contributed by atoms with Crippen molar-refractivity contribution in [2.24, 2.45) is 0 Å². The molecule has 0 saturated heterocycles.